The maximum absolute atomic E-state index is 11.9. The van der Waals surface area contributed by atoms with Crippen LogP contribution in [0.15, 0.2) is 18.7 Å². The summed E-state index contributed by atoms with van der Waals surface area (Å²) >= 11 is 0. The molecule has 21 heavy (non-hydrogen) atoms. The van der Waals surface area contributed by atoms with Gasteiger partial charge in [0, 0.05) is 24.2 Å². The minimum absolute atomic E-state index is 0.0486. The fourth-order valence-corrected chi connectivity index (χ4v) is 2.05. The molecule has 2 heterocycles. The van der Waals surface area contributed by atoms with Gasteiger partial charge in [-0.15, -0.1) is 0 Å². The van der Waals surface area contributed by atoms with Gasteiger partial charge in [0.1, 0.15) is 12.7 Å². The first-order chi connectivity index (χ1) is 10.1. The molecule has 2 rings (SSSR count). The third-order valence-electron chi connectivity index (χ3n) is 3.13. The fraction of sp³-hybridized carbons (Fsp3) is 0.429. The van der Waals surface area contributed by atoms with Gasteiger partial charge >= 0.3 is 0 Å². The monoisotopic (exact) mass is 289 g/mol. The molecule has 7 nitrogen and oxygen atoms in total. The van der Waals surface area contributed by atoms with Crippen molar-refractivity contribution in [2.75, 3.05) is 7.11 Å². The van der Waals surface area contributed by atoms with Gasteiger partial charge < -0.3 is 10.1 Å². The molecule has 0 bridgehead atoms. The molecule has 112 valence electrons. The summed E-state index contributed by atoms with van der Waals surface area (Å²) in [5.74, 6) is 0.511. The molecular formula is C14H19N5O2. The van der Waals surface area contributed by atoms with Crippen molar-refractivity contribution in [3.8, 4) is 5.88 Å². The van der Waals surface area contributed by atoms with Gasteiger partial charge in [-0.2, -0.15) is 5.10 Å². The molecule has 1 N–H and O–H groups in total. The molecule has 0 aromatic carbocycles. The summed E-state index contributed by atoms with van der Waals surface area (Å²) in [5, 5.41) is 6.83. The van der Waals surface area contributed by atoms with E-state index in [1.54, 1.807) is 18.1 Å². The molecule has 0 aliphatic rings. The third kappa shape index (κ3) is 4.01. The van der Waals surface area contributed by atoms with Crippen molar-refractivity contribution in [1.82, 2.24) is 25.1 Å². The lowest BCUT2D eigenvalue weighted by Crippen LogP contribution is -2.25. The van der Waals surface area contributed by atoms with Gasteiger partial charge in [-0.05, 0) is 25.5 Å². The number of hydrogen-bond donors (Lipinski definition) is 1. The minimum Gasteiger partial charge on any atom is -0.481 e. The molecule has 0 fully saturated rings. The molecule has 0 saturated heterocycles. The molecule has 0 radical (unpaired) electrons. The Morgan fingerprint density at radius 1 is 1.43 bits per heavy atom. The Kier molecular flexibility index (Phi) is 4.86. The summed E-state index contributed by atoms with van der Waals surface area (Å²) in [4.78, 5) is 20.0. The van der Waals surface area contributed by atoms with E-state index in [-0.39, 0.29) is 5.91 Å². The number of ether oxygens (including phenoxy) is 1. The van der Waals surface area contributed by atoms with Crippen LogP contribution < -0.4 is 10.1 Å². The third-order valence-corrected chi connectivity index (χ3v) is 3.13. The van der Waals surface area contributed by atoms with Crippen LogP contribution in [0.2, 0.25) is 0 Å². The molecule has 7 heteroatoms. The number of nitrogens with zero attached hydrogens (tertiary/aromatic N) is 4. The fourth-order valence-electron chi connectivity index (χ4n) is 2.05. The van der Waals surface area contributed by atoms with Gasteiger partial charge in [-0.25, -0.2) is 9.97 Å². The van der Waals surface area contributed by atoms with E-state index in [1.165, 1.54) is 6.33 Å². The Balaban J connectivity index is 1.92. The molecule has 0 spiro atoms. The summed E-state index contributed by atoms with van der Waals surface area (Å²) < 4.78 is 6.90. The molecule has 0 aliphatic heterocycles. The minimum atomic E-state index is -0.0486. The maximum Gasteiger partial charge on any atom is 0.222 e. The molecule has 0 unspecified atom stereocenters. The largest absolute Gasteiger partial charge is 0.481 e. The molecule has 0 aliphatic carbocycles. The van der Waals surface area contributed by atoms with Crippen LogP contribution in [-0.4, -0.2) is 32.8 Å². The van der Waals surface area contributed by atoms with Crippen molar-refractivity contribution in [3.05, 3.63) is 35.5 Å². The average molecular weight is 289 g/mol. The highest BCUT2D eigenvalue weighted by Gasteiger charge is 2.11. The molecule has 0 atom stereocenters. The molecule has 0 saturated carbocycles. The lowest BCUT2D eigenvalue weighted by Gasteiger charge is -2.12. The van der Waals surface area contributed by atoms with Crippen LogP contribution >= 0.6 is 0 Å². The van der Waals surface area contributed by atoms with E-state index in [9.17, 15) is 4.79 Å². The average Bonchev–Trinajstić information content (AvgIpc) is 2.96. The summed E-state index contributed by atoms with van der Waals surface area (Å²) in [6, 6.07) is 1.97. The smallest absolute Gasteiger partial charge is 0.222 e. The van der Waals surface area contributed by atoms with Crippen molar-refractivity contribution in [3.63, 3.8) is 0 Å². The van der Waals surface area contributed by atoms with Crippen molar-refractivity contribution < 1.29 is 9.53 Å². The standard InChI is InChI=1S/C14H19N5O2/c1-10-6-11(2)18-14(21-3)12(10)7-16-13(20)4-5-19-9-15-8-17-19/h6,8-9H,4-5,7H2,1-3H3,(H,16,20). The first-order valence-corrected chi connectivity index (χ1v) is 6.70. The quantitative estimate of drug-likeness (QED) is 0.858. The van der Waals surface area contributed by atoms with Crippen LogP contribution in [0.5, 0.6) is 5.88 Å². The maximum atomic E-state index is 11.9. The highest BCUT2D eigenvalue weighted by Crippen LogP contribution is 2.20. The second-order valence-corrected chi connectivity index (χ2v) is 4.75. The Labute approximate surface area is 123 Å². The highest BCUT2D eigenvalue weighted by atomic mass is 16.5. The number of pyridine rings is 1. The number of methoxy groups -OCH3 is 1. The second kappa shape index (κ2) is 6.83. The van der Waals surface area contributed by atoms with Crippen LogP contribution in [0, 0.1) is 13.8 Å². The predicted molar refractivity (Wildman–Crippen MR) is 76.7 cm³/mol. The van der Waals surface area contributed by atoms with Crippen LogP contribution in [0.3, 0.4) is 0 Å². The lowest BCUT2D eigenvalue weighted by molar-refractivity contribution is -0.121. The van der Waals surface area contributed by atoms with E-state index >= 15 is 0 Å². The van der Waals surface area contributed by atoms with E-state index in [0.29, 0.717) is 25.4 Å². The number of aryl methyl sites for hydroxylation is 3. The van der Waals surface area contributed by atoms with E-state index in [4.69, 9.17) is 4.74 Å². The first-order valence-electron chi connectivity index (χ1n) is 6.70. The second-order valence-electron chi connectivity index (χ2n) is 4.75. The van der Waals surface area contributed by atoms with Gasteiger partial charge in [0.15, 0.2) is 0 Å². The first kappa shape index (κ1) is 15.0. The predicted octanol–water partition coefficient (Wildman–Crippen LogP) is 1.01. The van der Waals surface area contributed by atoms with Crippen LogP contribution in [-0.2, 0) is 17.9 Å². The number of carbonyl (C=O) groups excluding carboxylic acids is 1. The summed E-state index contributed by atoms with van der Waals surface area (Å²) in [5.41, 5.74) is 2.85. The van der Waals surface area contributed by atoms with E-state index < -0.39 is 0 Å². The van der Waals surface area contributed by atoms with Crippen LogP contribution in [0.4, 0.5) is 0 Å². The molecule has 1 amide bonds. The van der Waals surface area contributed by atoms with Gasteiger partial charge in [0.2, 0.25) is 11.8 Å². The van der Waals surface area contributed by atoms with E-state index in [2.05, 4.69) is 20.4 Å². The zero-order valence-electron chi connectivity index (χ0n) is 12.5. The number of hydrogen-bond acceptors (Lipinski definition) is 5. The Bertz CT molecular complexity index is 610. The summed E-state index contributed by atoms with van der Waals surface area (Å²) in [6.45, 7) is 4.80. The van der Waals surface area contributed by atoms with Crippen molar-refractivity contribution in [1.29, 1.82) is 0 Å². The summed E-state index contributed by atoms with van der Waals surface area (Å²) in [7, 11) is 1.58. The van der Waals surface area contributed by atoms with E-state index in [1.807, 2.05) is 19.9 Å². The topological polar surface area (TPSA) is 81.9 Å². The molecule has 2 aromatic rings. The zero-order chi connectivity index (χ0) is 15.2. The number of aromatic nitrogens is 4. The van der Waals surface area contributed by atoms with Crippen molar-refractivity contribution in [2.24, 2.45) is 0 Å². The van der Waals surface area contributed by atoms with Crippen LogP contribution in [0.25, 0.3) is 0 Å². The van der Waals surface area contributed by atoms with Gasteiger partial charge in [-0.3, -0.25) is 9.48 Å². The highest BCUT2D eigenvalue weighted by molar-refractivity contribution is 5.75. The zero-order valence-corrected chi connectivity index (χ0v) is 12.5. The van der Waals surface area contributed by atoms with E-state index in [0.717, 1.165) is 16.8 Å². The SMILES string of the molecule is COc1nc(C)cc(C)c1CNC(=O)CCn1cncn1. The van der Waals surface area contributed by atoms with Gasteiger partial charge in [0.25, 0.3) is 0 Å². The number of amides is 1. The molecular weight excluding hydrogens is 270 g/mol. The van der Waals surface area contributed by atoms with Crippen LogP contribution in [0.1, 0.15) is 23.2 Å². The number of carbonyl (C=O) groups is 1. The van der Waals surface area contributed by atoms with Crippen molar-refractivity contribution in [2.45, 2.75) is 33.4 Å². The number of nitrogens with one attached hydrogen (secondary N) is 1. The summed E-state index contributed by atoms with van der Waals surface area (Å²) in [6.07, 6.45) is 3.39. The van der Waals surface area contributed by atoms with Crippen molar-refractivity contribution >= 4 is 5.91 Å². The lowest BCUT2D eigenvalue weighted by atomic mass is 10.1. The van der Waals surface area contributed by atoms with Gasteiger partial charge in [0.05, 0.1) is 13.7 Å². The Hall–Kier alpha value is -2.44. The Morgan fingerprint density at radius 3 is 2.90 bits per heavy atom. The normalized spacial score (nSPS) is 10.4. The number of rotatable bonds is 6. The Morgan fingerprint density at radius 2 is 2.24 bits per heavy atom. The van der Waals surface area contributed by atoms with Gasteiger partial charge in [-0.1, -0.05) is 0 Å². The molecule has 2 aromatic heterocycles.